The second kappa shape index (κ2) is 17.4. The minimum atomic E-state index is -0.211. The van der Waals surface area contributed by atoms with Gasteiger partial charge >= 0.3 is 0 Å². The summed E-state index contributed by atoms with van der Waals surface area (Å²) in [5.41, 5.74) is 4.80. The zero-order valence-electron chi connectivity index (χ0n) is 27.6. The fourth-order valence-electron chi connectivity index (χ4n) is 6.00. The number of carbonyl (C=O) groups excluding carboxylic acids is 2. The third-order valence-corrected chi connectivity index (χ3v) is 10.7. The number of ketones is 2. The molecule has 0 bridgehead atoms. The van der Waals surface area contributed by atoms with E-state index >= 15 is 0 Å². The van der Waals surface area contributed by atoms with Gasteiger partial charge in [-0.25, -0.2) is 0 Å². The van der Waals surface area contributed by atoms with Crippen LogP contribution in [0.4, 0.5) is 0 Å². The van der Waals surface area contributed by atoms with Gasteiger partial charge in [-0.2, -0.15) is 10.5 Å². The van der Waals surface area contributed by atoms with E-state index in [1.54, 1.807) is 14.2 Å². The molecule has 0 saturated carbocycles. The number of carbonyl (C=O) groups is 2. The summed E-state index contributed by atoms with van der Waals surface area (Å²) in [4.78, 5) is 26.0. The Bertz CT molecular complexity index is 1680. The first-order chi connectivity index (χ1) is 22.4. The molecule has 2 aliphatic carbocycles. The molecule has 0 atom stereocenters. The average Bonchev–Trinajstić information content (AvgIpc) is 3.06. The Morgan fingerprint density at radius 1 is 0.792 bits per heavy atom. The molecule has 0 spiro atoms. The number of methoxy groups -OCH3 is 2. The SMILES string of the molecule is COC1(C)CCN(C2=C(C#N)C(=O)Cc3ccc(Br)cc32)CC1.COC1(C)CCNCC1.Cl.N#CC1=C(Cl)c2cc(Br)ccc2CC1=O. The molecule has 256 valence electrons. The normalized spacial score (nSPS) is 19.2. The molecule has 2 aromatic rings. The molecule has 48 heavy (non-hydrogen) atoms. The number of halogens is 4. The first-order valence-electron chi connectivity index (χ1n) is 15.5. The van der Waals surface area contributed by atoms with Crippen molar-refractivity contribution < 1.29 is 19.1 Å². The van der Waals surface area contributed by atoms with Crippen LogP contribution in [0.15, 0.2) is 56.5 Å². The fourth-order valence-corrected chi connectivity index (χ4v) is 7.05. The lowest BCUT2D eigenvalue weighted by atomic mass is 9.86. The Hall–Kier alpha value is -2.54. The molecule has 8 nitrogen and oxygen atoms in total. The zero-order chi connectivity index (χ0) is 34.4. The monoisotopic (exact) mass is 820 g/mol. The lowest BCUT2D eigenvalue weighted by Crippen LogP contribution is -2.43. The molecule has 0 unspecified atom stereocenters. The summed E-state index contributed by atoms with van der Waals surface area (Å²) >= 11 is 12.8. The van der Waals surface area contributed by atoms with E-state index in [0.29, 0.717) is 6.42 Å². The molecule has 2 heterocycles. The van der Waals surface area contributed by atoms with Crippen LogP contribution in [0.2, 0.25) is 0 Å². The number of likely N-dealkylation sites (tertiary alicyclic amines) is 1. The van der Waals surface area contributed by atoms with Crippen LogP contribution >= 0.6 is 55.9 Å². The van der Waals surface area contributed by atoms with E-state index in [2.05, 4.69) is 62.0 Å². The largest absolute Gasteiger partial charge is 0.378 e. The van der Waals surface area contributed by atoms with Crippen LogP contribution < -0.4 is 5.32 Å². The number of rotatable bonds is 3. The summed E-state index contributed by atoms with van der Waals surface area (Å²) < 4.78 is 12.8. The molecular formula is C36H40Br2Cl2N4O4. The second-order valence-electron chi connectivity index (χ2n) is 12.5. The standard InChI is InChI=1S/C18H19BrN2O2.C11H5BrClNO.C7H15NO.ClH/c1-18(23-2)5-7-21(8-6-18)17-14-10-13(19)4-3-12(14)9-16(22)15(17)11-20;12-7-2-1-6-3-10(15)9(5-14)11(13)8(6)4-7;1-7(9-2)3-5-8-6-4-7;/h3-4,10H,5-9H2,1-2H3;1-2,4H,3H2;8H,3-6H2,1-2H3;1H. The number of fused-ring (bicyclic) bond motifs is 2. The first kappa shape index (κ1) is 39.9. The highest BCUT2D eigenvalue weighted by atomic mass is 79.9. The third kappa shape index (κ3) is 9.37. The molecule has 6 rings (SSSR count). The van der Waals surface area contributed by atoms with E-state index < -0.39 is 0 Å². The van der Waals surface area contributed by atoms with Crippen molar-refractivity contribution in [1.29, 1.82) is 10.5 Å². The van der Waals surface area contributed by atoms with E-state index in [9.17, 15) is 14.9 Å². The van der Waals surface area contributed by atoms with Gasteiger partial charge in [-0.1, -0.05) is 55.6 Å². The lowest BCUT2D eigenvalue weighted by molar-refractivity contribution is -0.115. The highest BCUT2D eigenvalue weighted by molar-refractivity contribution is 9.10. The van der Waals surface area contributed by atoms with Gasteiger partial charge in [0.05, 0.1) is 21.9 Å². The van der Waals surface area contributed by atoms with Crippen molar-refractivity contribution in [2.45, 2.75) is 63.6 Å². The molecule has 0 aromatic heterocycles. The summed E-state index contributed by atoms with van der Waals surface area (Å²) in [6.45, 7) is 8.05. The van der Waals surface area contributed by atoms with Gasteiger partial charge in [0.2, 0.25) is 0 Å². The number of Topliss-reactive ketones (excluding diaryl/α,β-unsaturated/α-hetero) is 2. The van der Waals surface area contributed by atoms with Gasteiger partial charge in [0.25, 0.3) is 0 Å². The maximum Gasteiger partial charge on any atom is 0.179 e. The number of hydrogen-bond acceptors (Lipinski definition) is 8. The number of nitrogens with zero attached hydrogens (tertiary/aromatic N) is 3. The van der Waals surface area contributed by atoms with Gasteiger partial charge in [-0.05, 0) is 93.6 Å². The molecule has 0 amide bonds. The van der Waals surface area contributed by atoms with Crippen molar-refractivity contribution in [3.05, 3.63) is 78.7 Å². The van der Waals surface area contributed by atoms with Crippen molar-refractivity contribution in [3.63, 3.8) is 0 Å². The first-order valence-corrected chi connectivity index (χ1v) is 17.5. The number of piperidine rings is 2. The van der Waals surface area contributed by atoms with E-state index in [1.165, 1.54) is 0 Å². The smallest absolute Gasteiger partial charge is 0.179 e. The number of allylic oxidation sites excluding steroid dienone is 2. The Morgan fingerprint density at radius 2 is 1.25 bits per heavy atom. The zero-order valence-corrected chi connectivity index (χ0v) is 32.3. The van der Waals surface area contributed by atoms with E-state index in [4.69, 9.17) is 26.3 Å². The summed E-state index contributed by atoms with van der Waals surface area (Å²) in [6.07, 6.45) is 4.60. The third-order valence-electron chi connectivity index (χ3n) is 9.36. The average molecular weight is 823 g/mol. The van der Waals surface area contributed by atoms with Crippen LogP contribution in [0.5, 0.6) is 0 Å². The Balaban J connectivity index is 0.000000214. The van der Waals surface area contributed by atoms with Gasteiger partial charge in [-0.15, -0.1) is 12.4 Å². The molecule has 0 radical (unpaired) electrons. The maximum atomic E-state index is 12.4. The van der Waals surface area contributed by atoms with Crippen LogP contribution in [-0.4, -0.2) is 68.1 Å². The van der Waals surface area contributed by atoms with Crippen LogP contribution in [-0.2, 0) is 31.9 Å². The number of hydrogen-bond donors (Lipinski definition) is 1. The van der Waals surface area contributed by atoms with Crippen molar-refractivity contribution in [2.24, 2.45) is 0 Å². The topological polar surface area (TPSA) is 115 Å². The van der Waals surface area contributed by atoms with E-state index in [0.717, 1.165) is 88.8 Å². The molecule has 2 aliphatic heterocycles. The Morgan fingerprint density at radius 3 is 1.73 bits per heavy atom. The fraction of sp³-hybridized carbons (Fsp3) is 0.444. The van der Waals surface area contributed by atoms with Crippen molar-refractivity contribution in [1.82, 2.24) is 10.2 Å². The van der Waals surface area contributed by atoms with E-state index in [-0.39, 0.29) is 57.8 Å². The molecule has 12 heteroatoms. The van der Waals surface area contributed by atoms with Crippen LogP contribution in [0.1, 0.15) is 61.8 Å². The summed E-state index contributed by atoms with van der Waals surface area (Å²) in [5, 5.41) is 21.9. The quantitative estimate of drug-likeness (QED) is 0.338. The highest BCUT2D eigenvalue weighted by Gasteiger charge is 2.35. The van der Waals surface area contributed by atoms with Crippen LogP contribution in [0, 0.1) is 22.7 Å². The van der Waals surface area contributed by atoms with Gasteiger partial charge in [0, 0.05) is 54.7 Å². The Kier molecular flexibility index (Phi) is 14.5. The summed E-state index contributed by atoms with van der Waals surface area (Å²) in [7, 11) is 3.54. The van der Waals surface area contributed by atoms with Crippen LogP contribution in [0.3, 0.4) is 0 Å². The van der Waals surface area contributed by atoms with E-state index in [1.807, 2.05) is 42.5 Å². The molecule has 2 saturated heterocycles. The predicted octanol–water partition coefficient (Wildman–Crippen LogP) is 7.55. The number of benzene rings is 2. The highest BCUT2D eigenvalue weighted by Crippen LogP contribution is 2.37. The maximum absolute atomic E-state index is 12.4. The van der Waals surface area contributed by atoms with Crippen molar-refractivity contribution in [2.75, 3.05) is 40.4 Å². The predicted molar refractivity (Wildman–Crippen MR) is 198 cm³/mol. The van der Waals surface area contributed by atoms with Crippen molar-refractivity contribution >= 4 is 78.2 Å². The molecular weight excluding hydrogens is 783 g/mol. The summed E-state index contributed by atoms with van der Waals surface area (Å²) in [6, 6.07) is 15.4. The molecule has 2 aromatic carbocycles. The number of nitrogens with one attached hydrogen (secondary N) is 1. The van der Waals surface area contributed by atoms with Gasteiger partial charge in [0.15, 0.2) is 11.6 Å². The second-order valence-corrected chi connectivity index (χ2v) is 14.7. The summed E-state index contributed by atoms with van der Waals surface area (Å²) in [5.74, 6) is -0.297. The minimum absolute atomic E-state index is 0. The molecule has 4 aliphatic rings. The van der Waals surface area contributed by atoms with Crippen LogP contribution in [0.25, 0.3) is 10.7 Å². The van der Waals surface area contributed by atoms with Gasteiger partial charge in [-0.3, -0.25) is 9.59 Å². The molecule has 2 fully saturated rings. The van der Waals surface area contributed by atoms with Crippen molar-refractivity contribution in [3.8, 4) is 12.1 Å². The molecule has 1 N–H and O–H groups in total. The van der Waals surface area contributed by atoms with Gasteiger partial charge < -0.3 is 19.7 Å². The Labute approximate surface area is 311 Å². The number of ether oxygens (including phenoxy) is 2. The number of nitriles is 2. The van der Waals surface area contributed by atoms with Gasteiger partial charge in [0.1, 0.15) is 23.3 Å². The minimum Gasteiger partial charge on any atom is -0.378 e. The lowest BCUT2D eigenvalue weighted by Gasteiger charge is -2.41.